The minimum Gasteiger partial charge on any atom is -0.457 e. The summed E-state index contributed by atoms with van der Waals surface area (Å²) in [5, 5.41) is 0. The first-order valence-electron chi connectivity index (χ1n) is 9.54. The zero-order chi connectivity index (χ0) is 16.5. The number of ether oxygens (including phenoxy) is 1. The highest BCUT2D eigenvalue weighted by molar-refractivity contribution is 5.74. The van der Waals surface area contributed by atoms with Gasteiger partial charge in [-0.3, -0.25) is 4.79 Å². The van der Waals surface area contributed by atoms with Crippen LogP contribution in [-0.4, -0.2) is 5.97 Å². The molecule has 2 atom stereocenters. The highest BCUT2D eigenvalue weighted by Gasteiger charge is 2.34. The molecule has 1 saturated heterocycles. The van der Waals surface area contributed by atoms with Crippen molar-refractivity contribution in [2.24, 2.45) is 5.92 Å². The number of hydrogen-bond donors (Lipinski definition) is 0. The summed E-state index contributed by atoms with van der Waals surface area (Å²) < 4.78 is 5.62. The Balaban J connectivity index is 1.79. The SMILES string of the molecule is CCCCCCCC1CC(c2ccc(CCCC)cc2)OC1=O. The molecule has 128 valence electrons. The summed E-state index contributed by atoms with van der Waals surface area (Å²) in [5.41, 5.74) is 2.54. The van der Waals surface area contributed by atoms with Crippen LogP contribution in [0.25, 0.3) is 0 Å². The van der Waals surface area contributed by atoms with Crippen molar-refractivity contribution < 1.29 is 9.53 Å². The van der Waals surface area contributed by atoms with Crippen molar-refractivity contribution in [3.05, 3.63) is 35.4 Å². The van der Waals surface area contributed by atoms with Gasteiger partial charge in [-0.2, -0.15) is 0 Å². The highest BCUT2D eigenvalue weighted by Crippen LogP contribution is 2.36. The first kappa shape index (κ1) is 18.0. The number of cyclic esters (lactones) is 1. The minimum atomic E-state index is -0.0247. The van der Waals surface area contributed by atoms with Gasteiger partial charge in [0, 0.05) is 6.42 Å². The lowest BCUT2D eigenvalue weighted by atomic mass is 9.94. The number of carbonyl (C=O) groups is 1. The summed E-state index contributed by atoms with van der Waals surface area (Å²) in [7, 11) is 0. The number of esters is 1. The normalized spacial score (nSPS) is 20.7. The van der Waals surface area contributed by atoms with Crippen molar-refractivity contribution in [2.75, 3.05) is 0 Å². The van der Waals surface area contributed by atoms with Gasteiger partial charge < -0.3 is 4.74 Å². The molecule has 2 heteroatoms. The van der Waals surface area contributed by atoms with E-state index in [2.05, 4.69) is 38.1 Å². The largest absolute Gasteiger partial charge is 0.457 e. The first-order chi connectivity index (χ1) is 11.2. The second-order valence-electron chi connectivity index (χ2n) is 6.91. The van der Waals surface area contributed by atoms with E-state index in [0.29, 0.717) is 0 Å². The molecule has 0 aromatic heterocycles. The van der Waals surface area contributed by atoms with Gasteiger partial charge in [-0.15, -0.1) is 0 Å². The summed E-state index contributed by atoms with van der Waals surface area (Å²) >= 11 is 0. The Labute approximate surface area is 141 Å². The van der Waals surface area contributed by atoms with Crippen LogP contribution in [0, 0.1) is 5.92 Å². The maximum Gasteiger partial charge on any atom is 0.309 e. The van der Waals surface area contributed by atoms with E-state index in [0.717, 1.165) is 31.2 Å². The molecule has 2 nitrogen and oxygen atoms in total. The number of unbranched alkanes of at least 4 members (excludes halogenated alkanes) is 5. The third-order valence-electron chi connectivity index (χ3n) is 4.92. The van der Waals surface area contributed by atoms with Gasteiger partial charge in [0.25, 0.3) is 0 Å². The Kier molecular flexibility index (Phi) is 7.64. The van der Waals surface area contributed by atoms with Gasteiger partial charge in [0.05, 0.1) is 5.92 Å². The van der Waals surface area contributed by atoms with E-state index >= 15 is 0 Å². The van der Waals surface area contributed by atoms with Crippen molar-refractivity contribution in [1.29, 1.82) is 0 Å². The van der Waals surface area contributed by atoms with Crippen molar-refractivity contribution >= 4 is 5.97 Å². The molecule has 1 fully saturated rings. The van der Waals surface area contributed by atoms with Gasteiger partial charge in [-0.1, -0.05) is 76.6 Å². The van der Waals surface area contributed by atoms with Crippen molar-refractivity contribution in [2.45, 2.75) is 84.2 Å². The lowest BCUT2D eigenvalue weighted by Gasteiger charge is -2.10. The molecule has 0 saturated carbocycles. The number of carbonyl (C=O) groups excluding carboxylic acids is 1. The Morgan fingerprint density at radius 2 is 1.65 bits per heavy atom. The Morgan fingerprint density at radius 3 is 2.35 bits per heavy atom. The van der Waals surface area contributed by atoms with Crippen LogP contribution in [-0.2, 0) is 16.0 Å². The molecule has 2 unspecified atom stereocenters. The second kappa shape index (κ2) is 9.75. The van der Waals surface area contributed by atoms with Crippen molar-refractivity contribution in [1.82, 2.24) is 0 Å². The van der Waals surface area contributed by atoms with Gasteiger partial charge in [-0.25, -0.2) is 0 Å². The predicted octanol–water partition coefficient (Wildman–Crippen LogP) is 5.99. The fraction of sp³-hybridized carbons (Fsp3) is 0.667. The van der Waals surface area contributed by atoms with Gasteiger partial charge in [-0.05, 0) is 30.4 Å². The summed E-state index contributed by atoms with van der Waals surface area (Å²) in [6.45, 7) is 4.45. The molecule has 1 heterocycles. The molecule has 0 spiro atoms. The molecule has 1 aliphatic rings. The first-order valence-corrected chi connectivity index (χ1v) is 9.54. The fourth-order valence-electron chi connectivity index (χ4n) is 3.35. The molecule has 1 aromatic rings. The molecule has 1 aliphatic heterocycles. The van der Waals surface area contributed by atoms with E-state index < -0.39 is 0 Å². The summed E-state index contributed by atoms with van der Waals surface area (Å²) in [6.07, 6.45) is 11.7. The van der Waals surface area contributed by atoms with E-state index in [4.69, 9.17) is 4.74 Å². The van der Waals surface area contributed by atoms with E-state index in [9.17, 15) is 4.79 Å². The standard InChI is InChI=1S/C21H32O2/c1-3-5-7-8-9-11-19-16-20(23-21(19)22)18-14-12-17(13-15-18)10-6-4-2/h12-15,19-20H,3-11,16H2,1-2H3. The molecule has 23 heavy (non-hydrogen) atoms. The average Bonchev–Trinajstić information content (AvgIpc) is 2.94. The van der Waals surface area contributed by atoms with Crippen LogP contribution in [0.3, 0.4) is 0 Å². The molecule has 0 radical (unpaired) electrons. The van der Waals surface area contributed by atoms with Crippen LogP contribution in [0.2, 0.25) is 0 Å². The smallest absolute Gasteiger partial charge is 0.309 e. The van der Waals surface area contributed by atoms with E-state index in [-0.39, 0.29) is 18.0 Å². The van der Waals surface area contributed by atoms with Crippen LogP contribution in [0.5, 0.6) is 0 Å². The van der Waals surface area contributed by atoms with Crippen LogP contribution in [0.4, 0.5) is 0 Å². The fourth-order valence-corrected chi connectivity index (χ4v) is 3.35. The predicted molar refractivity (Wildman–Crippen MR) is 95.4 cm³/mol. The zero-order valence-electron chi connectivity index (χ0n) is 14.9. The summed E-state index contributed by atoms with van der Waals surface area (Å²) in [6, 6.07) is 8.67. The lowest BCUT2D eigenvalue weighted by Crippen LogP contribution is -2.06. The van der Waals surface area contributed by atoms with Gasteiger partial charge in [0.15, 0.2) is 0 Å². The van der Waals surface area contributed by atoms with Crippen molar-refractivity contribution in [3.63, 3.8) is 0 Å². The Hall–Kier alpha value is -1.31. The maximum atomic E-state index is 12.1. The van der Waals surface area contributed by atoms with Crippen LogP contribution in [0.1, 0.15) is 88.9 Å². The molecule has 1 aromatic carbocycles. The average molecular weight is 316 g/mol. The topological polar surface area (TPSA) is 26.3 Å². The number of aryl methyl sites for hydroxylation is 1. The van der Waals surface area contributed by atoms with E-state index in [1.165, 1.54) is 44.1 Å². The number of hydrogen-bond acceptors (Lipinski definition) is 2. The zero-order valence-corrected chi connectivity index (χ0v) is 14.9. The van der Waals surface area contributed by atoms with E-state index in [1.807, 2.05) is 0 Å². The van der Waals surface area contributed by atoms with Gasteiger partial charge in [0.2, 0.25) is 0 Å². The highest BCUT2D eigenvalue weighted by atomic mass is 16.5. The number of benzene rings is 1. The quantitative estimate of drug-likeness (QED) is 0.391. The Morgan fingerprint density at radius 1 is 0.957 bits per heavy atom. The van der Waals surface area contributed by atoms with Gasteiger partial charge in [0.1, 0.15) is 6.10 Å². The lowest BCUT2D eigenvalue weighted by molar-refractivity contribution is -0.144. The molecular formula is C21H32O2. The number of rotatable bonds is 10. The monoisotopic (exact) mass is 316 g/mol. The molecule has 0 bridgehead atoms. The molecule has 0 N–H and O–H groups in total. The third kappa shape index (κ3) is 5.67. The van der Waals surface area contributed by atoms with Crippen molar-refractivity contribution in [3.8, 4) is 0 Å². The van der Waals surface area contributed by atoms with Gasteiger partial charge >= 0.3 is 5.97 Å². The molecular weight excluding hydrogens is 284 g/mol. The summed E-state index contributed by atoms with van der Waals surface area (Å²) in [4.78, 5) is 12.1. The minimum absolute atomic E-state index is 0.0144. The van der Waals surface area contributed by atoms with Crippen LogP contribution >= 0.6 is 0 Å². The third-order valence-corrected chi connectivity index (χ3v) is 4.92. The molecule has 0 aliphatic carbocycles. The second-order valence-corrected chi connectivity index (χ2v) is 6.91. The molecule has 2 rings (SSSR count). The summed E-state index contributed by atoms with van der Waals surface area (Å²) in [5.74, 6) is 0.127. The Bertz CT molecular complexity index is 463. The molecule has 0 amide bonds. The maximum absolute atomic E-state index is 12.1. The van der Waals surface area contributed by atoms with E-state index in [1.54, 1.807) is 0 Å². The van der Waals surface area contributed by atoms with Crippen LogP contribution < -0.4 is 0 Å². The van der Waals surface area contributed by atoms with Crippen LogP contribution in [0.15, 0.2) is 24.3 Å².